The summed E-state index contributed by atoms with van der Waals surface area (Å²) in [5.74, 6) is 0.728. The van der Waals surface area contributed by atoms with E-state index in [9.17, 15) is 0 Å². The first kappa shape index (κ1) is 15.1. The van der Waals surface area contributed by atoms with E-state index in [0.717, 1.165) is 5.92 Å². The summed E-state index contributed by atoms with van der Waals surface area (Å²) in [6.07, 6.45) is 9.13. The maximum absolute atomic E-state index is 4.29. The van der Waals surface area contributed by atoms with Gasteiger partial charge in [-0.15, -0.1) is 0 Å². The monoisotopic (exact) mass is 275 g/mol. The Morgan fingerprint density at radius 2 is 1.90 bits per heavy atom. The maximum atomic E-state index is 4.29. The van der Waals surface area contributed by atoms with Gasteiger partial charge in [-0.05, 0) is 30.2 Å². The van der Waals surface area contributed by atoms with E-state index in [1.807, 2.05) is 12.4 Å². The fourth-order valence-corrected chi connectivity index (χ4v) is 3.43. The molecule has 1 aliphatic rings. The fraction of sp³-hybridized carbons (Fsp3) is 0.706. The lowest BCUT2D eigenvalue weighted by atomic mass is 9.69. The van der Waals surface area contributed by atoms with E-state index in [1.165, 1.54) is 37.1 Å². The second kappa shape index (κ2) is 6.02. The molecule has 1 aliphatic carbocycles. The fourth-order valence-electron chi connectivity index (χ4n) is 3.43. The Morgan fingerprint density at radius 1 is 1.20 bits per heavy atom. The highest BCUT2D eigenvalue weighted by Gasteiger charge is 2.34. The molecule has 3 heteroatoms. The molecule has 0 spiro atoms. The Kier molecular flexibility index (Phi) is 4.56. The van der Waals surface area contributed by atoms with Gasteiger partial charge in [-0.25, -0.2) is 0 Å². The van der Waals surface area contributed by atoms with Crippen LogP contribution in [0.15, 0.2) is 18.5 Å². The lowest BCUT2D eigenvalue weighted by Crippen LogP contribution is -2.40. The van der Waals surface area contributed by atoms with Crippen LogP contribution in [0.5, 0.6) is 0 Å². The van der Waals surface area contributed by atoms with Crippen LogP contribution in [-0.4, -0.2) is 25.1 Å². The van der Waals surface area contributed by atoms with Gasteiger partial charge in [-0.3, -0.25) is 4.98 Å². The standard InChI is InChI=1S/C17H29N3/c1-17(2,3)13-8-6-7-9-14(13)19-15-12-18-11-10-16(15)20(4)5/h10-14,19H,6-9H2,1-5H3. The molecular formula is C17H29N3. The normalized spacial score (nSPS) is 23.4. The molecule has 1 heterocycles. The summed E-state index contributed by atoms with van der Waals surface area (Å²) < 4.78 is 0. The van der Waals surface area contributed by atoms with Crippen LogP contribution in [0.25, 0.3) is 0 Å². The highest BCUT2D eigenvalue weighted by atomic mass is 15.1. The van der Waals surface area contributed by atoms with Crippen LogP contribution in [0.1, 0.15) is 46.5 Å². The second-order valence-electron chi connectivity index (χ2n) is 7.30. The quantitative estimate of drug-likeness (QED) is 0.897. The van der Waals surface area contributed by atoms with Gasteiger partial charge >= 0.3 is 0 Å². The van der Waals surface area contributed by atoms with Crippen molar-refractivity contribution in [2.24, 2.45) is 11.3 Å². The van der Waals surface area contributed by atoms with E-state index in [-0.39, 0.29) is 0 Å². The van der Waals surface area contributed by atoms with E-state index < -0.39 is 0 Å². The minimum absolute atomic E-state index is 0.360. The van der Waals surface area contributed by atoms with Crippen molar-refractivity contribution in [1.82, 2.24) is 4.98 Å². The zero-order valence-corrected chi connectivity index (χ0v) is 13.6. The van der Waals surface area contributed by atoms with Crippen LogP contribution in [0, 0.1) is 11.3 Å². The third-order valence-corrected chi connectivity index (χ3v) is 4.50. The predicted molar refractivity (Wildman–Crippen MR) is 87.4 cm³/mol. The molecule has 3 nitrogen and oxygen atoms in total. The van der Waals surface area contributed by atoms with Crippen molar-refractivity contribution in [1.29, 1.82) is 0 Å². The second-order valence-corrected chi connectivity index (χ2v) is 7.30. The number of rotatable bonds is 3. The van der Waals surface area contributed by atoms with Gasteiger partial charge in [0.1, 0.15) is 0 Å². The van der Waals surface area contributed by atoms with Crippen LogP contribution in [-0.2, 0) is 0 Å². The average Bonchev–Trinajstić information content (AvgIpc) is 2.38. The van der Waals surface area contributed by atoms with Crippen molar-refractivity contribution < 1.29 is 0 Å². The predicted octanol–water partition coefficient (Wildman–Crippen LogP) is 4.16. The van der Waals surface area contributed by atoms with Crippen molar-refractivity contribution in [3.05, 3.63) is 18.5 Å². The highest BCUT2D eigenvalue weighted by molar-refractivity contribution is 5.68. The van der Waals surface area contributed by atoms with Crippen LogP contribution < -0.4 is 10.2 Å². The molecule has 1 N–H and O–H groups in total. The molecule has 1 fully saturated rings. The molecule has 0 bridgehead atoms. The largest absolute Gasteiger partial charge is 0.379 e. The van der Waals surface area contributed by atoms with Crippen LogP contribution in [0.4, 0.5) is 11.4 Å². The lowest BCUT2D eigenvalue weighted by Gasteiger charge is -2.41. The summed E-state index contributed by atoms with van der Waals surface area (Å²) in [5, 5.41) is 3.78. The van der Waals surface area contributed by atoms with Gasteiger partial charge < -0.3 is 10.2 Å². The summed E-state index contributed by atoms with van der Waals surface area (Å²) in [4.78, 5) is 6.44. The highest BCUT2D eigenvalue weighted by Crippen LogP contribution is 2.40. The molecule has 2 unspecified atom stereocenters. The Hall–Kier alpha value is -1.25. The van der Waals surface area contributed by atoms with Crippen molar-refractivity contribution in [2.45, 2.75) is 52.5 Å². The molecule has 0 aromatic carbocycles. The van der Waals surface area contributed by atoms with E-state index in [2.05, 4.69) is 56.1 Å². The first-order valence-corrected chi connectivity index (χ1v) is 7.77. The van der Waals surface area contributed by atoms with Crippen molar-refractivity contribution in [3.8, 4) is 0 Å². The molecular weight excluding hydrogens is 246 g/mol. The third-order valence-electron chi connectivity index (χ3n) is 4.50. The zero-order valence-electron chi connectivity index (χ0n) is 13.6. The Balaban J connectivity index is 2.19. The summed E-state index contributed by atoms with van der Waals surface area (Å²) in [5.41, 5.74) is 2.75. The number of aromatic nitrogens is 1. The maximum Gasteiger partial charge on any atom is 0.0766 e. The van der Waals surface area contributed by atoms with Crippen LogP contribution >= 0.6 is 0 Å². The Bertz CT molecular complexity index is 434. The summed E-state index contributed by atoms with van der Waals surface area (Å²) >= 11 is 0. The molecule has 1 saturated carbocycles. The molecule has 0 amide bonds. The van der Waals surface area contributed by atoms with Gasteiger partial charge in [0.15, 0.2) is 0 Å². The van der Waals surface area contributed by atoms with Gasteiger partial charge in [-0.1, -0.05) is 33.6 Å². The lowest BCUT2D eigenvalue weighted by molar-refractivity contribution is 0.163. The first-order valence-electron chi connectivity index (χ1n) is 7.77. The third kappa shape index (κ3) is 3.44. The van der Waals surface area contributed by atoms with Gasteiger partial charge in [0, 0.05) is 26.3 Å². The molecule has 2 atom stereocenters. The molecule has 2 rings (SSSR count). The summed E-state index contributed by atoms with van der Waals surface area (Å²) in [6, 6.07) is 2.64. The molecule has 20 heavy (non-hydrogen) atoms. The molecule has 1 aromatic rings. The van der Waals surface area contributed by atoms with E-state index >= 15 is 0 Å². The zero-order chi connectivity index (χ0) is 14.8. The Morgan fingerprint density at radius 3 is 2.55 bits per heavy atom. The number of nitrogens with one attached hydrogen (secondary N) is 1. The van der Waals surface area contributed by atoms with Crippen molar-refractivity contribution >= 4 is 11.4 Å². The van der Waals surface area contributed by atoms with Gasteiger partial charge in [0.05, 0.1) is 17.6 Å². The minimum atomic E-state index is 0.360. The van der Waals surface area contributed by atoms with E-state index in [0.29, 0.717) is 11.5 Å². The number of anilines is 2. The number of pyridine rings is 1. The van der Waals surface area contributed by atoms with Gasteiger partial charge in [0.2, 0.25) is 0 Å². The van der Waals surface area contributed by atoms with Gasteiger partial charge in [0.25, 0.3) is 0 Å². The van der Waals surface area contributed by atoms with Crippen molar-refractivity contribution in [3.63, 3.8) is 0 Å². The molecule has 1 aromatic heterocycles. The van der Waals surface area contributed by atoms with E-state index in [4.69, 9.17) is 0 Å². The smallest absolute Gasteiger partial charge is 0.0766 e. The van der Waals surface area contributed by atoms with Gasteiger partial charge in [-0.2, -0.15) is 0 Å². The average molecular weight is 275 g/mol. The van der Waals surface area contributed by atoms with Crippen LogP contribution in [0.3, 0.4) is 0 Å². The summed E-state index contributed by atoms with van der Waals surface area (Å²) in [7, 11) is 4.17. The number of nitrogens with zero attached hydrogens (tertiary/aromatic N) is 2. The number of hydrogen-bond donors (Lipinski definition) is 1. The molecule has 0 aliphatic heterocycles. The van der Waals surface area contributed by atoms with E-state index in [1.54, 1.807) is 0 Å². The molecule has 0 saturated heterocycles. The van der Waals surface area contributed by atoms with Crippen LogP contribution in [0.2, 0.25) is 0 Å². The molecule has 112 valence electrons. The SMILES string of the molecule is CN(C)c1ccncc1NC1CCCCC1C(C)(C)C. The minimum Gasteiger partial charge on any atom is -0.379 e. The van der Waals surface area contributed by atoms with Crippen molar-refractivity contribution in [2.75, 3.05) is 24.3 Å². The Labute approximate surface area is 123 Å². The first-order chi connectivity index (χ1) is 9.39. The summed E-state index contributed by atoms with van der Waals surface area (Å²) in [6.45, 7) is 7.11. The number of hydrogen-bond acceptors (Lipinski definition) is 3. The molecule has 0 radical (unpaired) electrons. The topological polar surface area (TPSA) is 28.2 Å².